The number of methoxy groups -OCH3 is 2. The summed E-state index contributed by atoms with van der Waals surface area (Å²) in [6, 6.07) is 12.3. The maximum absolute atomic E-state index is 12.9. The molecule has 2 aromatic carbocycles. The fraction of sp³-hybridized carbons (Fsp3) is 0.333. The largest absolute Gasteiger partial charge is 0.497 e. The molecule has 0 aromatic heterocycles. The van der Waals surface area contributed by atoms with Crippen molar-refractivity contribution in [3.8, 4) is 11.5 Å². The van der Waals surface area contributed by atoms with Crippen molar-refractivity contribution in [3.05, 3.63) is 59.2 Å². The SMILES string of the molecule is COc1ccc(C(CC(=O)O)NC(=O)C2CCc3ccccc32)c(OC)c1. The highest BCUT2D eigenvalue weighted by Gasteiger charge is 2.31. The average Bonchev–Trinajstić information content (AvgIpc) is 3.10. The molecule has 6 heteroatoms. The topological polar surface area (TPSA) is 84.9 Å². The molecule has 0 saturated heterocycles. The Morgan fingerprint density at radius 3 is 2.67 bits per heavy atom. The van der Waals surface area contributed by atoms with E-state index >= 15 is 0 Å². The van der Waals surface area contributed by atoms with E-state index < -0.39 is 12.0 Å². The molecule has 0 saturated carbocycles. The number of carbonyl (C=O) groups excluding carboxylic acids is 1. The lowest BCUT2D eigenvalue weighted by Gasteiger charge is -2.22. The number of carbonyl (C=O) groups is 2. The molecule has 0 spiro atoms. The highest BCUT2D eigenvalue weighted by atomic mass is 16.5. The molecule has 1 aliphatic carbocycles. The molecule has 2 N–H and O–H groups in total. The van der Waals surface area contributed by atoms with Crippen molar-refractivity contribution in [1.29, 1.82) is 0 Å². The smallest absolute Gasteiger partial charge is 0.305 e. The summed E-state index contributed by atoms with van der Waals surface area (Å²) in [4.78, 5) is 24.3. The lowest BCUT2D eigenvalue weighted by molar-refractivity contribution is -0.137. The first-order valence-corrected chi connectivity index (χ1v) is 8.85. The maximum Gasteiger partial charge on any atom is 0.305 e. The first kappa shape index (κ1) is 18.8. The van der Waals surface area contributed by atoms with Crippen molar-refractivity contribution in [2.75, 3.05) is 14.2 Å². The predicted octanol–water partition coefficient (Wildman–Crippen LogP) is 3.07. The van der Waals surface area contributed by atoms with E-state index in [9.17, 15) is 14.7 Å². The molecular formula is C21H23NO5. The molecule has 6 nitrogen and oxygen atoms in total. The van der Waals surface area contributed by atoms with Gasteiger partial charge in [0.1, 0.15) is 11.5 Å². The van der Waals surface area contributed by atoms with Gasteiger partial charge in [0.05, 0.1) is 32.6 Å². The molecule has 2 unspecified atom stereocenters. The zero-order chi connectivity index (χ0) is 19.4. The third-order valence-electron chi connectivity index (χ3n) is 4.96. The van der Waals surface area contributed by atoms with E-state index in [4.69, 9.17) is 9.47 Å². The van der Waals surface area contributed by atoms with Crippen LogP contribution in [0.4, 0.5) is 0 Å². The lowest BCUT2D eigenvalue weighted by atomic mass is 9.97. The van der Waals surface area contributed by atoms with Crippen LogP contribution < -0.4 is 14.8 Å². The van der Waals surface area contributed by atoms with Crippen LogP contribution in [-0.4, -0.2) is 31.2 Å². The van der Waals surface area contributed by atoms with Crippen LogP contribution in [0.15, 0.2) is 42.5 Å². The summed E-state index contributed by atoms with van der Waals surface area (Å²) in [7, 11) is 3.05. The Kier molecular flexibility index (Phi) is 5.64. The van der Waals surface area contributed by atoms with Crippen LogP contribution in [-0.2, 0) is 16.0 Å². The van der Waals surface area contributed by atoms with Crippen molar-refractivity contribution in [3.63, 3.8) is 0 Å². The number of fused-ring (bicyclic) bond motifs is 1. The van der Waals surface area contributed by atoms with E-state index in [0.29, 0.717) is 17.1 Å². The van der Waals surface area contributed by atoms with E-state index in [0.717, 1.165) is 18.4 Å². The minimum absolute atomic E-state index is 0.163. The minimum Gasteiger partial charge on any atom is -0.497 e. The van der Waals surface area contributed by atoms with Crippen molar-refractivity contribution < 1.29 is 24.2 Å². The number of carboxylic acids is 1. The van der Waals surface area contributed by atoms with Crippen molar-refractivity contribution in [2.45, 2.75) is 31.2 Å². The molecule has 1 amide bonds. The summed E-state index contributed by atoms with van der Waals surface area (Å²) in [5.41, 5.74) is 2.81. The Morgan fingerprint density at radius 1 is 1.19 bits per heavy atom. The van der Waals surface area contributed by atoms with Gasteiger partial charge in [0.15, 0.2) is 0 Å². The van der Waals surface area contributed by atoms with Crippen LogP contribution in [0.1, 0.15) is 41.5 Å². The Labute approximate surface area is 158 Å². The predicted molar refractivity (Wildman–Crippen MR) is 100 cm³/mol. The average molecular weight is 369 g/mol. The van der Waals surface area contributed by atoms with Gasteiger partial charge in [-0.05, 0) is 36.1 Å². The number of hydrogen-bond donors (Lipinski definition) is 2. The van der Waals surface area contributed by atoms with Crippen LogP contribution in [0.25, 0.3) is 0 Å². The van der Waals surface area contributed by atoms with Gasteiger partial charge in [-0.15, -0.1) is 0 Å². The number of carboxylic acid groups (broad SMARTS) is 1. The molecule has 27 heavy (non-hydrogen) atoms. The number of amides is 1. The third kappa shape index (κ3) is 4.05. The molecule has 2 aromatic rings. The highest BCUT2D eigenvalue weighted by molar-refractivity contribution is 5.86. The lowest BCUT2D eigenvalue weighted by Crippen LogP contribution is -2.33. The summed E-state index contributed by atoms with van der Waals surface area (Å²) in [5, 5.41) is 12.2. The van der Waals surface area contributed by atoms with E-state index in [-0.39, 0.29) is 18.2 Å². The van der Waals surface area contributed by atoms with Gasteiger partial charge in [-0.2, -0.15) is 0 Å². The van der Waals surface area contributed by atoms with E-state index in [1.54, 1.807) is 25.3 Å². The first-order valence-electron chi connectivity index (χ1n) is 8.85. The van der Waals surface area contributed by atoms with Gasteiger partial charge in [-0.3, -0.25) is 9.59 Å². The Bertz CT molecular complexity index is 848. The van der Waals surface area contributed by atoms with Crippen molar-refractivity contribution in [1.82, 2.24) is 5.32 Å². The number of ether oxygens (including phenoxy) is 2. The quantitative estimate of drug-likeness (QED) is 0.783. The third-order valence-corrected chi connectivity index (χ3v) is 4.96. The second-order valence-corrected chi connectivity index (χ2v) is 6.56. The molecule has 0 fully saturated rings. The van der Waals surface area contributed by atoms with Crippen molar-refractivity contribution in [2.24, 2.45) is 0 Å². The number of rotatable bonds is 7. The van der Waals surface area contributed by atoms with Gasteiger partial charge < -0.3 is 19.9 Å². The van der Waals surface area contributed by atoms with E-state index in [1.165, 1.54) is 12.7 Å². The molecule has 142 valence electrons. The van der Waals surface area contributed by atoms with Crippen LogP contribution in [0.3, 0.4) is 0 Å². The zero-order valence-corrected chi connectivity index (χ0v) is 15.4. The normalized spacial score (nSPS) is 16.3. The molecule has 0 heterocycles. The first-order chi connectivity index (χ1) is 13.0. The molecule has 0 bridgehead atoms. The summed E-state index contributed by atoms with van der Waals surface area (Å²) in [5.74, 6) is -0.343. The summed E-state index contributed by atoms with van der Waals surface area (Å²) >= 11 is 0. The summed E-state index contributed by atoms with van der Waals surface area (Å²) in [6.45, 7) is 0. The van der Waals surface area contributed by atoms with Gasteiger partial charge in [-0.1, -0.05) is 24.3 Å². The summed E-state index contributed by atoms with van der Waals surface area (Å²) in [6.07, 6.45) is 1.34. The van der Waals surface area contributed by atoms with Gasteiger partial charge >= 0.3 is 5.97 Å². The molecule has 2 atom stereocenters. The zero-order valence-electron chi connectivity index (χ0n) is 15.4. The number of aryl methyl sites for hydroxylation is 1. The van der Waals surface area contributed by atoms with Crippen LogP contribution in [0, 0.1) is 0 Å². The van der Waals surface area contributed by atoms with E-state index in [1.807, 2.05) is 24.3 Å². The standard InChI is InChI=1S/C21H23NO5/c1-26-14-8-10-17(19(11-14)27-2)18(12-20(23)24)22-21(25)16-9-7-13-5-3-4-6-15(13)16/h3-6,8,10-11,16,18H,7,9,12H2,1-2H3,(H,22,25)(H,23,24). The molecule has 0 radical (unpaired) electrons. The van der Waals surface area contributed by atoms with Crippen LogP contribution in [0.5, 0.6) is 11.5 Å². The van der Waals surface area contributed by atoms with Gasteiger partial charge in [0.25, 0.3) is 0 Å². The maximum atomic E-state index is 12.9. The molecular weight excluding hydrogens is 346 g/mol. The Balaban J connectivity index is 1.86. The van der Waals surface area contributed by atoms with Crippen LogP contribution >= 0.6 is 0 Å². The Morgan fingerprint density at radius 2 is 1.96 bits per heavy atom. The minimum atomic E-state index is -0.995. The van der Waals surface area contributed by atoms with Gasteiger partial charge in [0.2, 0.25) is 5.91 Å². The van der Waals surface area contributed by atoms with Gasteiger partial charge in [0, 0.05) is 11.6 Å². The molecule has 3 rings (SSSR count). The number of aliphatic carboxylic acids is 1. The second kappa shape index (κ2) is 8.12. The number of benzene rings is 2. The van der Waals surface area contributed by atoms with Crippen LogP contribution in [0.2, 0.25) is 0 Å². The second-order valence-electron chi connectivity index (χ2n) is 6.56. The number of hydrogen-bond acceptors (Lipinski definition) is 4. The van der Waals surface area contributed by atoms with Gasteiger partial charge in [-0.25, -0.2) is 0 Å². The summed E-state index contributed by atoms with van der Waals surface area (Å²) < 4.78 is 10.6. The molecule has 0 aliphatic heterocycles. The monoisotopic (exact) mass is 369 g/mol. The van der Waals surface area contributed by atoms with Crippen molar-refractivity contribution >= 4 is 11.9 Å². The Hall–Kier alpha value is -3.02. The fourth-order valence-electron chi connectivity index (χ4n) is 3.62. The van der Waals surface area contributed by atoms with E-state index in [2.05, 4.69) is 5.32 Å². The highest BCUT2D eigenvalue weighted by Crippen LogP contribution is 2.35. The molecule has 1 aliphatic rings. The number of nitrogens with one attached hydrogen (secondary N) is 1. The fourth-order valence-corrected chi connectivity index (χ4v) is 3.62.